The average Bonchev–Trinajstić information content (AvgIpc) is 2.34. The second-order valence-electron chi connectivity index (χ2n) is 5.98. The van der Waals surface area contributed by atoms with Crippen LogP contribution >= 0.6 is 0 Å². The summed E-state index contributed by atoms with van der Waals surface area (Å²) < 4.78 is 19.2. The fourth-order valence-electron chi connectivity index (χ4n) is 2.56. The van der Waals surface area contributed by atoms with Gasteiger partial charge in [-0.05, 0) is 33.8 Å². The highest BCUT2D eigenvalue weighted by molar-refractivity contribution is 6.07. The lowest BCUT2D eigenvalue weighted by molar-refractivity contribution is -0.186. The molecule has 3 nitrogen and oxygen atoms in total. The largest absolute Gasteiger partial charge is 0.456 e. The molecule has 1 aromatic carbocycles. The van der Waals surface area contributed by atoms with E-state index in [4.69, 9.17) is 4.74 Å². The van der Waals surface area contributed by atoms with Crippen molar-refractivity contribution in [3.8, 4) is 0 Å². The third-order valence-corrected chi connectivity index (χ3v) is 3.73. The van der Waals surface area contributed by atoms with Crippen LogP contribution in [0.3, 0.4) is 0 Å². The van der Waals surface area contributed by atoms with Gasteiger partial charge in [-0.1, -0.05) is 18.2 Å². The molecule has 1 aliphatic rings. The Morgan fingerprint density at radius 1 is 1.11 bits per heavy atom. The van der Waals surface area contributed by atoms with Crippen molar-refractivity contribution in [1.29, 1.82) is 0 Å². The topological polar surface area (TPSA) is 43.4 Å². The van der Waals surface area contributed by atoms with Crippen molar-refractivity contribution in [1.82, 2.24) is 0 Å². The Morgan fingerprint density at radius 3 is 2.26 bits per heavy atom. The zero-order valence-corrected chi connectivity index (χ0v) is 11.5. The predicted octanol–water partition coefficient (Wildman–Crippen LogP) is 3.05. The van der Waals surface area contributed by atoms with Gasteiger partial charge in [-0.15, -0.1) is 0 Å². The van der Waals surface area contributed by atoms with Gasteiger partial charge in [-0.2, -0.15) is 0 Å². The number of ether oxygens (including phenoxy) is 1. The van der Waals surface area contributed by atoms with Gasteiger partial charge in [0.25, 0.3) is 0 Å². The second-order valence-corrected chi connectivity index (χ2v) is 5.98. The van der Waals surface area contributed by atoms with Crippen LogP contribution < -0.4 is 0 Å². The molecular formula is C15H17FO3. The highest BCUT2D eigenvalue weighted by atomic mass is 19.1. The first kappa shape index (κ1) is 13.7. The number of benzene rings is 1. The van der Waals surface area contributed by atoms with Crippen molar-refractivity contribution in [2.45, 2.75) is 33.8 Å². The first-order valence-electron chi connectivity index (χ1n) is 6.19. The van der Waals surface area contributed by atoms with Crippen LogP contribution in [-0.4, -0.2) is 11.8 Å². The average molecular weight is 264 g/mol. The predicted molar refractivity (Wildman–Crippen MR) is 67.8 cm³/mol. The number of carbonyl (C=O) groups is 2. The van der Waals surface area contributed by atoms with Gasteiger partial charge in [-0.3, -0.25) is 9.59 Å². The third kappa shape index (κ3) is 1.95. The zero-order chi connectivity index (χ0) is 14.4. The van der Waals surface area contributed by atoms with Gasteiger partial charge in [0.1, 0.15) is 17.3 Å². The Morgan fingerprint density at radius 2 is 1.68 bits per heavy atom. The summed E-state index contributed by atoms with van der Waals surface area (Å²) in [7, 11) is 0. The van der Waals surface area contributed by atoms with Crippen molar-refractivity contribution < 1.29 is 18.7 Å². The van der Waals surface area contributed by atoms with Crippen LogP contribution in [0, 0.1) is 16.6 Å². The number of halogens is 1. The van der Waals surface area contributed by atoms with Gasteiger partial charge in [0.2, 0.25) is 0 Å². The van der Waals surface area contributed by atoms with E-state index in [-0.39, 0.29) is 11.3 Å². The Kier molecular flexibility index (Phi) is 3.00. The smallest absolute Gasteiger partial charge is 0.319 e. The number of ketones is 1. The number of cyclic esters (lactones) is 1. The minimum absolute atomic E-state index is 0.232. The van der Waals surface area contributed by atoms with Gasteiger partial charge in [0.15, 0.2) is 5.78 Å². The van der Waals surface area contributed by atoms with Crippen molar-refractivity contribution in [3.63, 3.8) is 0 Å². The van der Waals surface area contributed by atoms with Gasteiger partial charge in [0.05, 0.1) is 5.41 Å². The number of Topliss-reactive ketones (excluding diaryl/α,β-unsaturated/α-hetero) is 1. The molecule has 0 aliphatic carbocycles. The summed E-state index contributed by atoms with van der Waals surface area (Å²) in [6, 6.07) is 6.05. The Bertz CT molecular complexity index is 546. The number of hydrogen-bond donors (Lipinski definition) is 0. The molecule has 0 amide bonds. The first-order valence-corrected chi connectivity index (χ1v) is 6.19. The van der Waals surface area contributed by atoms with Gasteiger partial charge < -0.3 is 4.74 Å². The van der Waals surface area contributed by atoms with E-state index in [1.165, 1.54) is 19.9 Å². The lowest BCUT2D eigenvalue weighted by Crippen LogP contribution is -2.52. The molecule has 1 fully saturated rings. The number of esters is 1. The fourth-order valence-corrected chi connectivity index (χ4v) is 2.56. The van der Waals surface area contributed by atoms with Crippen LogP contribution in [0.25, 0.3) is 0 Å². The minimum Gasteiger partial charge on any atom is -0.456 e. The standard InChI is InChI=1S/C15H17FO3/c1-14(2)11(9-7-5-6-8-10(9)16)19-13(18)15(3,4)12(14)17/h5-8,11H,1-4H3/t11-/m1/s1. The van der Waals surface area contributed by atoms with E-state index in [0.717, 1.165) is 0 Å². The molecule has 19 heavy (non-hydrogen) atoms. The van der Waals surface area contributed by atoms with Crippen LogP contribution in [0.15, 0.2) is 24.3 Å². The monoisotopic (exact) mass is 264 g/mol. The molecule has 4 heteroatoms. The molecule has 0 radical (unpaired) electrons. The molecule has 0 N–H and O–H groups in total. The van der Waals surface area contributed by atoms with Crippen LogP contribution in [0.5, 0.6) is 0 Å². The number of hydrogen-bond acceptors (Lipinski definition) is 3. The molecule has 1 saturated heterocycles. The second kappa shape index (κ2) is 4.15. The highest BCUT2D eigenvalue weighted by Gasteiger charge is 2.56. The third-order valence-electron chi connectivity index (χ3n) is 3.73. The van der Waals surface area contributed by atoms with Crippen LogP contribution in [0.2, 0.25) is 0 Å². The van der Waals surface area contributed by atoms with E-state index < -0.39 is 28.7 Å². The molecule has 2 rings (SSSR count). The molecular weight excluding hydrogens is 247 g/mol. The molecule has 1 heterocycles. The summed E-state index contributed by atoms with van der Waals surface area (Å²) in [5.74, 6) is -1.31. The van der Waals surface area contributed by atoms with E-state index in [0.29, 0.717) is 0 Å². The lowest BCUT2D eigenvalue weighted by Gasteiger charge is -2.43. The van der Waals surface area contributed by atoms with Gasteiger partial charge >= 0.3 is 5.97 Å². The van der Waals surface area contributed by atoms with Crippen molar-refractivity contribution >= 4 is 11.8 Å². The van der Waals surface area contributed by atoms with E-state index in [1.807, 2.05) is 0 Å². The summed E-state index contributed by atoms with van der Waals surface area (Å²) in [6.07, 6.45) is -0.887. The normalized spacial score (nSPS) is 25.0. The van der Waals surface area contributed by atoms with E-state index in [1.54, 1.807) is 32.0 Å². The molecule has 1 atom stereocenters. The summed E-state index contributed by atoms with van der Waals surface area (Å²) in [5.41, 5.74) is -1.91. The molecule has 1 aromatic rings. The molecule has 0 aromatic heterocycles. The summed E-state index contributed by atoms with van der Waals surface area (Å²) in [6.45, 7) is 6.44. The maximum atomic E-state index is 13.9. The molecule has 0 saturated carbocycles. The van der Waals surface area contributed by atoms with Crippen molar-refractivity contribution in [3.05, 3.63) is 35.6 Å². The zero-order valence-electron chi connectivity index (χ0n) is 11.5. The molecule has 0 bridgehead atoms. The molecule has 102 valence electrons. The minimum atomic E-state index is -1.19. The first-order chi connectivity index (χ1) is 8.69. The lowest BCUT2D eigenvalue weighted by atomic mass is 9.67. The van der Waals surface area contributed by atoms with E-state index in [2.05, 4.69) is 0 Å². The van der Waals surface area contributed by atoms with E-state index in [9.17, 15) is 14.0 Å². The maximum absolute atomic E-state index is 13.9. The molecule has 0 unspecified atom stereocenters. The Hall–Kier alpha value is -1.71. The SMILES string of the molecule is CC1(C)C(=O)O[C@H](c2ccccc2F)C(C)(C)C1=O. The van der Waals surface area contributed by atoms with Crippen molar-refractivity contribution in [2.24, 2.45) is 10.8 Å². The summed E-state index contributed by atoms with van der Waals surface area (Å²) in [5, 5.41) is 0. The van der Waals surface area contributed by atoms with Crippen molar-refractivity contribution in [2.75, 3.05) is 0 Å². The number of carbonyl (C=O) groups excluding carboxylic acids is 2. The molecule has 1 aliphatic heterocycles. The quantitative estimate of drug-likeness (QED) is 0.578. The summed E-state index contributed by atoms with van der Waals surface area (Å²) in [4.78, 5) is 24.4. The van der Waals surface area contributed by atoms with Crippen LogP contribution in [0.4, 0.5) is 4.39 Å². The van der Waals surface area contributed by atoms with Gasteiger partial charge in [0, 0.05) is 5.56 Å². The Labute approximate surface area is 111 Å². The van der Waals surface area contributed by atoms with Crippen LogP contribution in [-0.2, 0) is 14.3 Å². The fraction of sp³-hybridized carbons (Fsp3) is 0.467. The van der Waals surface area contributed by atoms with Crippen LogP contribution in [0.1, 0.15) is 39.4 Å². The van der Waals surface area contributed by atoms with Gasteiger partial charge in [-0.25, -0.2) is 4.39 Å². The molecule has 0 spiro atoms. The highest BCUT2D eigenvalue weighted by Crippen LogP contribution is 2.47. The number of rotatable bonds is 1. The summed E-state index contributed by atoms with van der Waals surface area (Å²) >= 11 is 0. The maximum Gasteiger partial charge on any atom is 0.319 e. The Balaban J connectivity index is 2.52. The van der Waals surface area contributed by atoms with E-state index >= 15 is 0 Å².